The second kappa shape index (κ2) is 8.50. The molecule has 0 aliphatic carbocycles. The quantitative estimate of drug-likeness (QED) is 0.775. The van der Waals surface area contributed by atoms with Crippen molar-refractivity contribution >= 4 is 17.6 Å². The molecule has 2 aromatic rings. The van der Waals surface area contributed by atoms with Crippen molar-refractivity contribution in [3.05, 3.63) is 58.9 Å². The standard InChI is InChI=1S/C17H19ClN2O3/c18-15-2-1-13(14(11-19)10-17(21)22)9-16(15)23-8-5-12-3-6-20-7-4-12/h1-4,6-7,9,14H,5,8,10-11,19H2,(H,21,22)/t14-/m0/s1. The molecule has 0 bridgehead atoms. The van der Waals surface area contributed by atoms with Crippen LogP contribution in [-0.4, -0.2) is 29.2 Å². The Hall–Kier alpha value is -2.11. The molecule has 0 saturated carbocycles. The van der Waals surface area contributed by atoms with Crippen molar-refractivity contribution in [2.24, 2.45) is 5.73 Å². The third-order valence-electron chi connectivity index (χ3n) is 3.53. The minimum Gasteiger partial charge on any atom is -0.492 e. The average molecular weight is 335 g/mol. The number of hydrogen-bond donors (Lipinski definition) is 2. The number of nitrogens with two attached hydrogens (primary N) is 1. The van der Waals surface area contributed by atoms with E-state index in [0.29, 0.717) is 17.4 Å². The van der Waals surface area contributed by atoms with Gasteiger partial charge in [0.25, 0.3) is 0 Å². The van der Waals surface area contributed by atoms with Crippen molar-refractivity contribution in [3.8, 4) is 5.75 Å². The summed E-state index contributed by atoms with van der Waals surface area (Å²) >= 11 is 6.15. The lowest BCUT2D eigenvalue weighted by molar-refractivity contribution is -0.137. The summed E-state index contributed by atoms with van der Waals surface area (Å²) in [6.45, 7) is 0.726. The van der Waals surface area contributed by atoms with E-state index in [1.54, 1.807) is 30.6 Å². The summed E-state index contributed by atoms with van der Waals surface area (Å²) in [5, 5.41) is 9.44. The molecule has 0 unspecified atom stereocenters. The average Bonchev–Trinajstić information content (AvgIpc) is 2.55. The summed E-state index contributed by atoms with van der Waals surface area (Å²) < 4.78 is 5.74. The number of nitrogens with zero attached hydrogens (tertiary/aromatic N) is 1. The third kappa shape index (κ3) is 5.23. The van der Waals surface area contributed by atoms with E-state index in [2.05, 4.69) is 4.98 Å². The Morgan fingerprint density at radius 3 is 2.70 bits per heavy atom. The molecule has 1 heterocycles. The summed E-state index contributed by atoms with van der Waals surface area (Å²) in [7, 11) is 0. The molecule has 6 heteroatoms. The Morgan fingerprint density at radius 1 is 1.30 bits per heavy atom. The first-order chi connectivity index (χ1) is 11.1. The smallest absolute Gasteiger partial charge is 0.304 e. The minimum atomic E-state index is -0.879. The Bertz CT molecular complexity index is 650. The molecule has 1 aromatic heterocycles. The molecule has 122 valence electrons. The van der Waals surface area contributed by atoms with Crippen LogP contribution in [0.2, 0.25) is 5.02 Å². The molecule has 0 aliphatic rings. The first-order valence-corrected chi connectivity index (χ1v) is 7.71. The van der Waals surface area contributed by atoms with Gasteiger partial charge in [-0.25, -0.2) is 0 Å². The summed E-state index contributed by atoms with van der Waals surface area (Å²) in [5.41, 5.74) is 7.62. The van der Waals surface area contributed by atoms with Gasteiger partial charge < -0.3 is 15.6 Å². The minimum absolute atomic E-state index is 0.0193. The molecule has 0 amide bonds. The molecular weight excluding hydrogens is 316 g/mol. The van der Waals surface area contributed by atoms with E-state index in [-0.39, 0.29) is 18.9 Å². The number of carboxylic acids is 1. The fourth-order valence-electron chi connectivity index (χ4n) is 2.26. The number of carbonyl (C=O) groups is 1. The lowest BCUT2D eigenvalue weighted by atomic mass is 9.96. The number of hydrogen-bond acceptors (Lipinski definition) is 4. The Balaban J connectivity index is 2.03. The SMILES string of the molecule is NC[C@H](CC(=O)O)c1ccc(Cl)c(OCCc2ccncc2)c1. The highest BCUT2D eigenvalue weighted by Gasteiger charge is 2.16. The van der Waals surface area contributed by atoms with Gasteiger partial charge in [0.1, 0.15) is 5.75 Å². The molecule has 0 saturated heterocycles. The second-order valence-electron chi connectivity index (χ2n) is 5.17. The Kier molecular flexibility index (Phi) is 6.38. The fraction of sp³-hybridized carbons (Fsp3) is 0.294. The van der Waals surface area contributed by atoms with Gasteiger partial charge in [0.15, 0.2) is 0 Å². The van der Waals surface area contributed by atoms with Gasteiger partial charge in [-0.3, -0.25) is 9.78 Å². The maximum absolute atomic E-state index is 10.9. The molecule has 2 rings (SSSR count). The van der Waals surface area contributed by atoms with Gasteiger partial charge in [-0.05, 0) is 41.9 Å². The van der Waals surface area contributed by atoms with E-state index >= 15 is 0 Å². The number of aliphatic carboxylic acids is 1. The molecule has 0 fully saturated rings. The van der Waals surface area contributed by atoms with Crippen molar-refractivity contribution in [2.45, 2.75) is 18.8 Å². The Labute approximate surface area is 140 Å². The number of rotatable bonds is 8. The lowest BCUT2D eigenvalue weighted by Crippen LogP contribution is -2.16. The van der Waals surface area contributed by atoms with Crippen LogP contribution in [0.1, 0.15) is 23.5 Å². The summed E-state index contributed by atoms with van der Waals surface area (Å²) in [5.74, 6) is -0.593. The van der Waals surface area contributed by atoms with Crippen molar-refractivity contribution in [3.63, 3.8) is 0 Å². The zero-order valence-corrected chi connectivity index (χ0v) is 13.4. The van der Waals surface area contributed by atoms with Gasteiger partial charge in [0, 0.05) is 24.7 Å². The highest BCUT2D eigenvalue weighted by atomic mass is 35.5. The molecule has 23 heavy (non-hydrogen) atoms. The summed E-state index contributed by atoms with van der Waals surface area (Å²) in [6.07, 6.45) is 4.19. The number of carboxylic acid groups (broad SMARTS) is 1. The van der Waals surface area contributed by atoms with Crippen molar-refractivity contribution in [1.29, 1.82) is 0 Å². The van der Waals surface area contributed by atoms with Gasteiger partial charge in [0.05, 0.1) is 18.1 Å². The van der Waals surface area contributed by atoms with Crippen LogP contribution in [-0.2, 0) is 11.2 Å². The van der Waals surface area contributed by atoms with Gasteiger partial charge in [-0.15, -0.1) is 0 Å². The van der Waals surface area contributed by atoms with E-state index in [4.69, 9.17) is 27.2 Å². The molecule has 0 radical (unpaired) electrons. The van der Waals surface area contributed by atoms with E-state index in [9.17, 15) is 4.79 Å². The highest BCUT2D eigenvalue weighted by Crippen LogP contribution is 2.30. The number of halogens is 1. The van der Waals surface area contributed by atoms with E-state index < -0.39 is 5.97 Å². The Morgan fingerprint density at radius 2 is 2.04 bits per heavy atom. The van der Waals surface area contributed by atoms with E-state index in [1.165, 1.54) is 0 Å². The molecule has 5 nitrogen and oxygen atoms in total. The van der Waals surface area contributed by atoms with Crippen LogP contribution in [0.3, 0.4) is 0 Å². The van der Waals surface area contributed by atoms with Crippen LogP contribution in [0.25, 0.3) is 0 Å². The largest absolute Gasteiger partial charge is 0.492 e. The number of aromatic nitrogens is 1. The maximum atomic E-state index is 10.9. The van der Waals surface area contributed by atoms with Crippen molar-refractivity contribution in [2.75, 3.05) is 13.2 Å². The van der Waals surface area contributed by atoms with Crippen LogP contribution < -0.4 is 10.5 Å². The highest BCUT2D eigenvalue weighted by molar-refractivity contribution is 6.32. The van der Waals surface area contributed by atoms with Crippen LogP contribution in [0.15, 0.2) is 42.7 Å². The predicted molar refractivity (Wildman–Crippen MR) is 88.9 cm³/mol. The first-order valence-electron chi connectivity index (χ1n) is 7.33. The summed E-state index contributed by atoms with van der Waals surface area (Å²) in [4.78, 5) is 14.9. The molecular formula is C17H19ClN2O3. The zero-order valence-electron chi connectivity index (χ0n) is 12.6. The summed E-state index contributed by atoms with van der Waals surface area (Å²) in [6, 6.07) is 9.13. The normalized spacial score (nSPS) is 11.9. The van der Waals surface area contributed by atoms with Crippen molar-refractivity contribution in [1.82, 2.24) is 4.98 Å². The topological polar surface area (TPSA) is 85.4 Å². The van der Waals surface area contributed by atoms with Gasteiger partial charge in [0.2, 0.25) is 0 Å². The molecule has 3 N–H and O–H groups in total. The third-order valence-corrected chi connectivity index (χ3v) is 3.84. The first kappa shape index (κ1) is 17.2. The molecule has 0 spiro atoms. The fourth-order valence-corrected chi connectivity index (χ4v) is 2.43. The second-order valence-corrected chi connectivity index (χ2v) is 5.58. The van der Waals surface area contributed by atoms with Crippen LogP contribution in [0.4, 0.5) is 0 Å². The van der Waals surface area contributed by atoms with E-state index in [0.717, 1.165) is 17.5 Å². The zero-order chi connectivity index (χ0) is 16.7. The van der Waals surface area contributed by atoms with Gasteiger partial charge in [-0.2, -0.15) is 0 Å². The monoisotopic (exact) mass is 334 g/mol. The number of pyridine rings is 1. The van der Waals surface area contributed by atoms with Gasteiger partial charge in [-0.1, -0.05) is 17.7 Å². The predicted octanol–water partition coefficient (Wildman–Crippen LogP) is 2.87. The molecule has 1 atom stereocenters. The maximum Gasteiger partial charge on any atom is 0.304 e. The van der Waals surface area contributed by atoms with Crippen molar-refractivity contribution < 1.29 is 14.6 Å². The molecule has 0 aliphatic heterocycles. The van der Waals surface area contributed by atoms with Crippen LogP contribution >= 0.6 is 11.6 Å². The van der Waals surface area contributed by atoms with Crippen LogP contribution in [0.5, 0.6) is 5.75 Å². The van der Waals surface area contributed by atoms with E-state index in [1.807, 2.05) is 12.1 Å². The lowest BCUT2D eigenvalue weighted by Gasteiger charge is -2.15. The molecule has 1 aromatic carbocycles. The van der Waals surface area contributed by atoms with Crippen LogP contribution in [0, 0.1) is 0 Å². The number of benzene rings is 1. The van der Waals surface area contributed by atoms with Gasteiger partial charge >= 0.3 is 5.97 Å². The number of ether oxygens (including phenoxy) is 1.